The molecule has 0 fully saturated rings. The van der Waals surface area contributed by atoms with Crippen molar-refractivity contribution in [2.75, 3.05) is 6.61 Å². The Morgan fingerprint density at radius 3 is 3.12 bits per heavy atom. The van der Waals surface area contributed by atoms with Gasteiger partial charge >= 0.3 is 5.97 Å². The summed E-state index contributed by atoms with van der Waals surface area (Å²) in [6.45, 7) is 2.14. The first-order valence-electron chi connectivity index (χ1n) is 5.04. The number of nitrogens with one attached hydrogen (secondary N) is 1. The summed E-state index contributed by atoms with van der Waals surface area (Å²) in [6.07, 6.45) is 3.61. The lowest BCUT2D eigenvalue weighted by Gasteiger charge is -1.98. The summed E-state index contributed by atoms with van der Waals surface area (Å²) in [5.74, 6) is -0.281. The number of aromatic amines is 1. The molecule has 84 valence electrons. The third kappa shape index (κ3) is 2.13. The van der Waals surface area contributed by atoms with Crippen LogP contribution in [0.25, 0.3) is 5.65 Å². The Bertz CT molecular complexity index is 568. The number of H-pyrrole nitrogens is 1. The van der Waals surface area contributed by atoms with Crippen molar-refractivity contribution < 1.29 is 9.53 Å². The quantitative estimate of drug-likeness (QED) is 0.776. The highest BCUT2D eigenvalue weighted by molar-refractivity contribution is 5.72. The van der Waals surface area contributed by atoms with Crippen LogP contribution in [0.4, 0.5) is 0 Å². The predicted molar refractivity (Wildman–Crippen MR) is 58.4 cm³/mol. The van der Waals surface area contributed by atoms with Crippen LogP contribution in [0.5, 0.6) is 0 Å². The van der Waals surface area contributed by atoms with Crippen molar-refractivity contribution in [3.05, 3.63) is 40.4 Å². The van der Waals surface area contributed by atoms with E-state index in [4.69, 9.17) is 4.74 Å². The van der Waals surface area contributed by atoms with E-state index in [-0.39, 0.29) is 17.8 Å². The van der Waals surface area contributed by atoms with Gasteiger partial charge in [0.05, 0.1) is 13.0 Å². The third-order valence-corrected chi connectivity index (χ3v) is 2.18. The van der Waals surface area contributed by atoms with Gasteiger partial charge in [-0.3, -0.25) is 9.59 Å². The van der Waals surface area contributed by atoms with E-state index in [0.29, 0.717) is 12.3 Å². The monoisotopic (exact) mass is 220 g/mol. The van der Waals surface area contributed by atoms with E-state index in [9.17, 15) is 9.59 Å². The number of pyridine rings is 1. The summed E-state index contributed by atoms with van der Waals surface area (Å²) in [5.41, 5.74) is 1.33. The molecular formula is C11H12N2O3. The van der Waals surface area contributed by atoms with Crippen molar-refractivity contribution in [2.45, 2.75) is 13.3 Å². The van der Waals surface area contributed by atoms with Crippen LogP contribution < -0.4 is 5.43 Å². The second kappa shape index (κ2) is 4.22. The van der Waals surface area contributed by atoms with Crippen LogP contribution in [0, 0.1) is 0 Å². The molecule has 2 aromatic rings. The molecule has 0 atom stereocenters. The van der Waals surface area contributed by atoms with Crippen LogP contribution in [0.15, 0.2) is 29.3 Å². The summed E-state index contributed by atoms with van der Waals surface area (Å²) in [4.78, 5) is 25.3. The van der Waals surface area contributed by atoms with E-state index in [1.807, 2.05) is 0 Å². The number of aromatic nitrogens is 2. The first-order valence-corrected chi connectivity index (χ1v) is 5.04. The molecule has 2 rings (SSSR count). The van der Waals surface area contributed by atoms with Gasteiger partial charge in [-0.2, -0.15) is 0 Å². The SMILES string of the molecule is CCOC(=O)Cc1cn2ccc(=O)cc2[nH]1. The van der Waals surface area contributed by atoms with Crippen molar-refractivity contribution in [3.63, 3.8) is 0 Å². The van der Waals surface area contributed by atoms with Crippen molar-refractivity contribution >= 4 is 11.6 Å². The van der Waals surface area contributed by atoms with E-state index in [1.165, 1.54) is 12.1 Å². The van der Waals surface area contributed by atoms with Crippen LogP contribution in [0.3, 0.4) is 0 Å². The average Bonchev–Trinajstić information content (AvgIpc) is 2.59. The number of imidazole rings is 1. The molecule has 0 bridgehead atoms. The van der Waals surface area contributed by atoms with Gasteiger partial charge in [0.15, 0.2) is 5.43 Å². The van der Waals surface area contributed by atoms with Crippen LogP contribution in [0.1, 0.15) is 12.6 Å². The van der Waals surface area contributed by atoms with Gasteiger partial charge in [-0.05, 0) is 6.92 Å². The van der Waals surface area contributed by atoms with E-state index >= 15 is 0 Å². The fourth-order valence-electron chi connectivity index (χ4n) is 1.53. The zero-order chi connectivity index (χ0) is 11.5. The number of carbonyl (C=O) groups excluding carboxylic acids is 1. The first-order chi connectivity index (χ1) is 7.69. The van der Waals surface area contributed by atoms with Crippen LogP contribution in [0.2, 0.25) is 0 Å². The summed E-state index contributed by atoms with van der Waals surface area (Å²) in [5, 5.41) is 0. The number of ether oxygens (including phenoxy) is 1. The predicted octanol–water partition coefficient (Wildman–Crippen LogP) is 0.733. The Kier molecular flexibility index (Phi) is 2.76. The van der Waals surface area contributed by atoms with Crippen molar-refractivity contribution in [2.24, 2.45) is 0 Å². The van der Waals surface area contributed by atoms with E-state index in [0.717, 1.165) is 5.69 Å². The highest BCUT2D eigenvalue weighted by Gasteiger charge is 2.06. The molecule has 0 saturated carbocycles. The minimum absolute atomic E-state index is 0.0652. The van der Waals surface area contributed by atoms with Crippen LogP contribution >= 0.6 is 0 Å². The maximum atomic E-state index is 11.2. The molecule has 0 spiro atoms. The van der Waals surface area contributed by atoms with Gasteiger partial charge in [-0.1, -0.05) is 0 Å². The summed E-state index contributed by atoms with van der Waals surface area (Å²) < 4.78 is 6.60. The Balaban J connectivity index is 2.26. The molecule has 1 N–H and O–H groups in total. The molecule has 0 unspecified atom stereocenters. The minimum Gasteiger partial charge on any atom is -0.466 e. The van der Waals surface area contributed by atoms with Crippen molar-refractivity contribution in [1.29, 1.82) is 0 Å². The summed E-state index contributed by atoms with van der Waals surface area (Å²) in [6, 6.07) is 2.95. The van der Waals surface area contributed by atoms with Gasteiger partial charge in [0.25, 0.3) is 0 Å². The van der Waals surface area contributed by atoms with Gasteiger partial charge in [0.2, 0.25) is 0 Å². The zero-order valence-electron chi connectivity index (χ0n) is 8.90. The molecule has 0 saturated heterocycles. The lowest BCUT2D eigenvalue weighted by atomic mass is 10.3. The van der Waals surface area contributed by atoms with Gasteiger partial charge in [0.1, 0.15) is 5.65 Å². The topological polar surface area (TPSA) is 63.6 Å². The molecule has 0 radical (unpaired) electrons. The largest absolute Gasteiger partial charge is 0.466 e. The number of nitrogens with zero attached hydrogens (tertiary/aromatic N) is 1. The molecule has 5 nitrogen and oxygen atoms in total. The van der Waals surface area contributed by atoms with Crippen LogP contribution in [-0.2, 0) is 16.0 Å². The Morgan fingerprint density at radius 2 is 2.38 bits per heavy atom. The molecule has 16 heavy (non-hydrogen) atoms. The fourth-order valence-corrected chi connectivity index (χ4v) is 1.53. The molecule has 0 aliphatic carbocycles. The van der Waals surface area contributed by atoms with Gasteiger partial charge in [-0.25, -0.2) is 0 Å². The van der Waals surface area contributed by atoms with Gasteiger partial charge < -0.3 is 14.1 Å². The third-order valence-electron chi connectivity index (χ3n) is 2.18. The Hall–Kier alpha value is -2.04. The number of fused-ring (bicyclic) bond motifs is 1. The lowest BCUT2D eigenvalue weighted by Crippen LogP contribution is -2.07. The summed E-state index contributed by atoms with van der Waals surface area (Å²) in [7, 11) is 0. The minimum atomic E-state index is -0.281. The maximum Gasteiger partial charge on any atom is 0.311 e. The lowest BCUT2D eigenvalue weighted by molar-refractivity contribution is -0.142. The zero-order valence-corrected chi connectivity index (χ0v) is 8.90. The van der Waals surface area contributed by atoms with Gasteiger partial charge in [0, 0.05) is 30.2 Å². The molecular weight excluding hydrogens is 208 g/mol. The van der Waals surface area contributed by atoms with E-state index in [2.05, 4.69) is 4.98 Å². The van der Waals surface area contributed by atoms with Gasteiger partial charge in [-0.15, -0.1) is 0 Å². The second-order valence-corrected chi connectivity index (χ2v) is 3.42. The molecule has 2 aromatic heterocycles. The second-order valence-electron chi connectivity index (χ2n) is 3.42. The maximum absolute atomic E-state index is 11.2. The number of esters is 1. The molecule has 0 aliphatic rings. The van der Waals surface area contributed by atoms with Crippen molar-refractivity contribution in [3.8, 4) is 0 Å². The number of hydrogen-bond acceptors (Lipinski definition) is 3. The fraction of sp³-hybridized carbons (Fsp3) is 0.273. The van der Waals surface area contributed by atoms with Crippen molar-refractivity contribution in [1.82, 2.24) is 9.38 Å². The Labute approximate surface area is 91.7 Å². The number of rotatable bonds is 3. The summed E-state index contributed by atoms with van der Waals surface area (Å²) >= 11 is 0. The molecule has 2 heterocycles. The Morgan fingerprint density at radius 1 is 1.56 bits per heavy atom. The number of hydrogen-bond donors (Lipinski definition) is 1. The smallest absolute Gasteiger partial charge is 0.311 e. The normalized spacial score (nSPS) is 10.6. The first kappa shape index (κ1) is 10.5. The number of carbonyl (C=O) groups is 1. The molecule has 0 aromatic carbocycles. The average molecular weight is 220 g/mol. The molecule has 0 amide bonds. The van der Waals surface area contributed by atoms with E-state index in [1.54, 1.807) is 23.7 Å². The molecule has 0 aliphatic heterocycles. The van der Waals surface area contributed by atoms with E-state index < -0.39 is 0 Å². The van der Waals surface area contributed by atoms with Crippen LogP contribution in [-0.4, -0.2) is 22.0 Å². The molecule has 5 heteroatoms. The highest BCUT2D eigenvalue weighted by Crippen LogP contribution is 2.03. The standard InChI is InChI=1S/C11H12N2O3/c1-2-16-11(15)5-8-7-13-4-3-9(14)6-10(13)12-8/h3-4,6-7,12H,2,5H2,1H3. The highest BCUT2D eigenvalue weighted by atomic mass is 16.5.